The molecular weight excluding hydrogens is 358 g/mol. The van der Waals surface area contributed by atoms with Crippen LogP contribution in [0.5, 0.6) is 0 Å². The fraction of sp³-hybridized carbons (Fsp3) is 0.278. The number of anilines is 1. The first-order valence-corrected chi connectivity index (χ1v) is 8.36. The number of aryl methyl sites for hydroxylation is 2. The van der Waals surface area contributed by atoms with Crippen molar-refractivity contribution in [3.05, 3.63) is 52.4 Å². The number of amides is 4. The van der Waals surface area contributed by atoms with Gasteiger partial charge in [-0.2, -0.15) is 0 Å². The maximum Gasteiger partial charge on any atom is 0.325 e. The maximum atomic E-state index is 12.8. The van der Waals surface area contributed by atoms with E-state index in [1.54, 1.807) is 51.1 Å². The molecule has 0 saturated carbocycles. The Hall–Kier alpha value is -2.80. The number of furan rings is 1. The molecule has 1 unspecified atom stereocenters. The summed E-state index contributed by atoms with van der Waals surface area (Å²) >= 11 is 6.00. The van der Waals surface area contributed by atoms with Crippen LogP contribution in [0.3, 0.4) is 0 Å². The van der Waals surface area contributed by atoms with E-state index in [4.69, 9.17) is 16.0 Å². The number of imide groups is 1. The Labute approximate surface area is 155 Å². The van der Waals surface area contributed by atoms with E-state index in [-0.39, 0.29) is 0 Å². The molecule has 26 heavy (non-hydrogen) atoms. The molecule has 1 atom stereocenters. The van der Waals surface area contributed by atoms with Crippen LogP contribution in [-0.4, -0.2) is 29.3 Å². The van der Waals surface area contributed by atoms with Gasteiger partial charge < -0.3 is 15.1 Å². The number of hydrogen-bond donors (Lipinski definition) is 2. The molecule has 7 nitrogen and oxygen atoms in total. The third-order valence-corrected chi connectivity index (χ3v) is 4.63. The topological polar surface area (TPSA) is 91.7 Å². The van der Waals surface area contributed by atoms with Crippen molar-refractivity contribution in [1.29, 1.82) is 0 Å². The number of nitrogens with zero attached hydrogens (tertiary/aromatic N) is 1. The molecule has 0 aliphatic carbocycles. The summed E-state index contributed by atoms with van der Waals surface area (Å²) in [5, 5.41) is 5.62. The second-order valence-corrected chi connectivity index (χ2v) is 6.71. The van der Waals surface area contributed by atoms with Gasteiger partial charge in [0.2, 0.25) is 5.91 Å². The SMILES string of the molecule is Cc1cc(C2(C)NC(=O)N(CC(=O)Nc3ccccc3Cl)C2=O)c(C)o1. The molecule has 2 N–H and O–H groups in total. The van der Waals surface area contributed by atoms with Gasteiger partial charge in [0, 0.05) is 5.56 Å². The lowest BCUT2D eigenvalue weighted by Crippen LogP contribution is -2.42. The summed E-state index contributed by atoms with van der Waals surface area (Å²) < 4.78 is 5.47. The molecule has 1 saturated heterocycles. The Kier molecular flexibility index (Phi) is 4.50. The number of rotatable bonds is 4. The second kappa shape index (κ2) is 6.49. The number of carbonyl (C=O) groups is 3. The van der Waals surface area contributed by atoms with Crippen molar-refractivity contribution in [2.45, 2.75) is 26.3 Å². The first-order valence-electron chi connectivity index (χ1n) is 7.98. The molecular formula is C18H18ClN3O4. The van der Waals surface area contributed by atoms with Crippen molar-refractivity contribution in [3.8, 4) is 0 Å². The van der Waals surface area contributed by atoms with Crippen LogP contribution in [0.2, 0.25) is 5.02 Å². The van der Waals surface area contributed by atoms with Crippen LogP contribution in [0.1, 0.15) is 24.0 Å². The van der Waals surface area contributed by atoms with Crippen molar-refractivity contribution < 1.29 is 18.8 Å². The number of halogens is 1. The number of nitrogens with one attached hydrogen (secondary N) is 2. The van der Waals surface area contributed by atoms with Gasteiger partial charge in [-0.05, 0) is 39.0 Å². The zero-order valence-electron chi connectivity index (χ0n) is 14.6. The molecule has 2 aromatic rings. The number of carbonyl (C=O) groups excluding carboxylic acids is 3. The van der Waals surface area contributed by atoms with Crippen molar-refractivity contribution in [2.75, 3.05) is 11.9 Å². The van der Waals surface area contributed by atoms with Gasteiger partial charge in [0.15, 0.2) is 0 Å². The van der Waals surface area contributed by atoms with Gasteiger partial charge in [0.05, 0.1) is 10.7 Å². The van der Waals surface area contributed by atoms with E-state index in [9.17, 15) is 14.4 Å². The molecule has 2 heterocycles. The van der Waals surface area contributed by atoms with E-state index in [2.05, 4.69) is 10.6 Å². The summed E-state index contributed by atoms with van der Waals surface area (Å²) in [6.45, 7) is 4.66. The van der Waals surface area contributed by atoms with E-state index in [1.165, 1.54) is 0 Å². The van der Waals surface area contributed by atoms with Crippen LogP contribution in [0.15, 0.2) is 34.7 Å². The molecule has 4 amide bonds. The molecule has 1 aromatic heterocycles. The fourth-order valence-electron chi connectivity index (χ4n) is 3.05. The smallest absolute Gasteiger partial charge is 0.325 e. The predicted octanol–water partition coefficient (Wildman–Crippen LogP) is 2.96. The average molecular weight is 376 g/mol. The van der Waals surface area contributed by atoms with Crippen molar-refractivity contribution in [1.82, 2.24) is 10.2 Å². The molecule has 0 bridgehead atoms. The highest BCUT2D eigenvalue weighted by Crippen LogP contribution is 2.32. The van der Waals surface area contributed by atoms with Crippen molar-refractivity contribution in [3.63, 3.8) is 0 Å². The molecule has 3 rings (SSSR count). The Morgan fingerprint density at radius 2 is 2.00 bits per heavy atom. The normalized spacial score (nSPS) is 19.6. The average Bonchev–Trinajstić information content (AvgIpc) is 3.02. The van der Waals surface area contributed by atoms with E-state index in [1.807, 2.05) is 0 Å². The number of hydrogen-bond acceptors (Lipinski definition) is 4. The van der Waals surface area contributed by atoms with Gasteiger partial charge in [0.25, 0.3) is 5.91 Å². The highest BCUT2D eigenvalue weighted by atomic mass is 35.5. The summed E-state index contributed by atoms with van der Waals surface area (Å²) in [7, 11) is 0. The number of urea groups is 1. The van der Waals surface area contributed by atoms with Crippen LogP contribution >= 0.6 is 11.6 Å². The third kappa shape index (κ3) is 3.06. The zero-order valence-corrected chi connectivity index (χ0v) is 15.3. The minimum absolute atomic E-state index is 0.368. The van der Waals surface area contributed by atoms with Crippen LogP contribution in [0, 0.1) is 13.8 Å². The Balaban J connectivity index is 1.78. The molecule has 0 radical (unpaired) electrons. The van der Waals surface area contributed by atoms with Crippen molar-refractivity contribution >= 4 is 35.1 Å². The zero-order chi connectivity index (χ0) is 19.1. The first-order chi connectivity index (χ1) is 12.2. The minimum Gasteiger partial charge on any atom is -0.466 e. The standard InChI is InChI=1S/C18H18ClN3O4/c1-10-8-12(11(2)26-10)18(3)16(24)22(17(25)21-18)9-15(23)20-14-7-5-4-6-13(14)19/h4-8H,9H2,1-3H3,(H,20,23)(H,21,25). The van der Waals surface area contributed by atoms with Gasteiger partial charge in [0.1, 0.15) is 23.6 Å². The molecule has 1 aromatic carbocycles. The molecule has 1 aliphatic rings. The van der Waals surface area contributed by atoms with E-state index in [0.29, 0.717) is 27.8 Å². The quantitative estimate of drug-likeness (QED) is 0.803. The summed E-state index contributed by atoms with van der Waals surface area (Å²) in [6.07, 6.45) is 0. The minimum atomic E-state index is -1.27. The highest BCUT2D eigenvalue weighted by molar-refractivity contribution is 6.33. The lowest BCUT2D eigenvalue weighted by Gasteiger charge is -2.21. The summed E-state index contributed by atoms with van der Waals surface area (Å²) in [5.41, 5.74) is -0.290. The summed E-state index contributed by atoms with van der Waals surface area (Å²) in [4.78, 5) is 38.3. The van der Waals surface area contributed by atoms with Gasteiger partial charge in [-0.25, -0.2) is 4.79 Å². The molecule has 8 heteroatoms. The molecule has 1 fully saturated rings. The van der Waals surface area contributed by atoms with E-state index in [0.717, 1.165) is 4.90 Å². The monoisotopic (exact) mass is 375 g/mol. The van der Waals surface area contributed by atoms with Crippen LogP contribution < -0.4 is 10.6 Å². The van der Waals surface area contributed by atoms with Crippen molar-refractivity contribution in [2.24, 2.45) is 0 Å². The van der Waals surface area contributed by atoms with Gasteiger partial charge >= 0.3 is 6.03 Å². The van der Waals surface area contributed by atoms with E-state index >= 15 is 0 Å². The lowest BCUT2D eigenvalue weighted by atomic mass is 9.92. The maximum absolute atomic E-state index is 12.8. The second-order valence-electron chi connectivity index (χ2n) is 6.30. The van der Waals surface area contributed by atoms with Gasteiger partial charge in [-0.1, -0.05) is 23.7 Å². The molecule has 136 valence electrons. The lowest BCUT2D eigenvalue weighted by molar-refractivity contribution is -0.133. The fourth-order valence-corrected chi connectivity index (χ4v) is 3.23. The van der Waals surface area contributed by atoms with Gasteiger partial charge in [-0.3, -0.25) is 14.5 Å². The number of benzene rings is 1. The third-order valence-electron chi connectivity index (χ3n) is 4.30. The summed E-state index contributed by atoms with van der Waals surface area (Å²) in [6, 6.07) is 7.79. The van der Waals surface area contributed by atoms with Gasteiger partial charge in [-0.15, -0.1) is 0 Å². The molecule has 0 spiro atoms. The summed E-state index contributed by atoms with van der Waals surface area (Å²) in [5.74, 6) is 0.142. The Morgan fingerprint density at radius 1 is 1.31 bits per heavy atom. The Bertz CT molecular complexity index is 908. The van der Waals surface area contributed by atoms with Crippen LogP contribution in [-0.2, 0) is 15.1 Å². The largest absolute Gasteiger partial charge is 0.466 e. The van der Waals surface area contributed by atoms with E-state index < -0.39 is 29.9 Å². The van der Waals surface area contributed by atoms with Crippen LogP contribution in [0.25, 0.3) is 0 Å². The number of para-hydroxylation sites is 1. The van der Waals surface area contributed by atoms with Crippen LogP contribution in [0.4, 0.5) is 10.5 Å². The first kappa shape index (κ1) is 18.0. The molecule has 1 aliphatic heterocycles. The Morgan fingerprint density at radius 3 is 2.62 bits per heavy atom. The highest BCUT2D eigenvalue weighted by Gasteiger charge is 2.51. The predicted molar refractivity (Wildman–Crippen MR) is 95.9 cm³/mol.